The van der Waals surface area contributed by atoms with E-state index in [0.29, 0.717) is 21.4 Å². The summed E-state index contributed by atoms with van der Waals surface area (Å²) in [5.74, 6) is -0.358. The summed E-state index contributed by atoms with van der Waals surface area (Å²) in [6.45, 7) is 0. The standard InChI is InChI=1S/C17H13ClN2O3S2/c1-25(22,23)14-8-6-13(7-9-14)19-16(21)15-10-24-17(20-15)11-2-4-12(18)5-3-11/h2-10H,1H3,(H,19,21). The third kappa shape index (κ3) is 4.25. The van der Waals surface area contributed by atoms with Crippen molar-refractivity contribution < 1.29 is 13.2 Å². The zero-order chi connectivity index (χ0) is 18.0. The molecule has 128 valence electrons. The number of hydrogen-bond acceptors (Lipinski definition) is 5. The smallest absolute Gasteiger partial charge is 0.275 e. The Hall–Kier alpha value is -2.22. The Morgan fingerprint density at radius 3 is 2.32 bits per heavy atom. The number of rotatable bonds is 4. The molecule has 1 N–H and O–H groups in total. The van der Waals surface area contributed by atoms with Gasteiger partial charge in [-0.05, 0) is 36.4 Å². The molecule has 0 aliphatic carbocycles. The number of carbonyl (C=O) groups is 1. The largest absolute Gasteiger partial charge is 0.321 e. The average molecular weight is 393 g/mol. The van der Waals surface area contributed by atoms with E-state index in [-0.39, 0.29) is 10.8 Å². The number of amides is 1. The number of nitrogens with zero attached hydrogens (tertiary/aromatic N) is 1. The van der Waals surface area contributed by atoms with E-state index in [9.17, 15) is 13.2 Å². The minimum Gasteiger partial charge on any atom is -0.321 e. The van der Waals surface area contributed by atoms with Gasteiger partial charge in [-0.25, -0.2) is 13.4 Å². The summed E-state index contributed by atoms with van der Waals surface area (Å²) >= 11 is 7.22. The van der Waals surface area contributed by atoms with Crippen molar-refractivity contribution in [2.45, 2.75) is 4.90 Å². The summed E-state index contributed by atoms with van der Waals surface area (Å²) in [6.07, 6.45) is 1.13. The van der Waals surface area contributed by atoms with Crippen molar-refractivity contribution >= 4 is 44.4 Å². The summed E-state index contributed by atoms with van der Waals surface area (Å²) in [4.78, 5) is 16.8. The van der Waals surface area contributed by atoms with E-state index >= 15 is 0 Å². The highest BCUT2D eigenvalue weighted by molar-refractivity contribution is 7.90. The molecule has 3 rings (SSSR count). The molecule has 1 heterocycles. The van der Waals surface area contributed by atoms with Gasteiger partial charge in [0, 0.05) is 27.9 Å². The van der Waals surface area contributed by atoms with Crippen molar-refractivity contribution in [1.29, 1.82) is 0 Å². The van der Waals surface area contributed by atoms with Gasteiger partial charge in [0.1, 0.15) is 10.7 Å². The van der Waals surface area contributed by atoms with Gasteiger partial charge in [0.05, 0.1) is 4.90 Å². The van der Waals surface area contributed by atoms with Crippen LogP contribution < -0.4 is 5.32 Å². The van der Waals surface area contributed by atoms with Gasteiger partial charge in [-0.15, -0.1) is 11.3 Å². The normalized spacial score (nSPS) is 11.3. The van der Waals surface area contributed by atoms with Crippen LogP contribution >= 0.6 is 22.9 Å². The Morgan fingerprint density at radius 1 is 1.08 bits per heavy atom. The highest BCUT2D eigenvalue weighted by atomic mass is 35.5. The van der Waals surface area contributed by atoms with Crippen LogP contribution in [0.15, 0.2) is 58.8 Å². The van der Waals surface area contributed by atoms with Gasteiger partial charge in [-0.3, -0.25) is 4.79 Å². The number of benzene rings is 2. The lowest BCUT2D eigenvalue weighted by Gasteiger charge is -2.04. The van der Waals surface area contributed by atoms with Crippen LogP contribution in [0.4, 0.5) is 5.69 Å². The molecular formula is C17H13ClN2O3S2. The minimum absolute atomic E-state index is 0.198. The maximum atomic E-state index is 12.3. The van der Waals surface area contributed by atoms with E-state index in [0.717, 1.165) is 11.8 Å². The van der Waals surface area contributed by atoms with Crippen molar-refractivity contribution in [2.24, 2.45) is 0 Å². The maximum absolute atomic E-state index is 12.3. The molecule has 1 aromatic heterocycles. The molecule has 25 heavy (non-hydrogen) atoms. The van der Waals surface area contributed by atoms with Crippen molar-refractivity contribution in [3.8, 4) is 10.6 Å². The Balaban J connectivity index is 1.75. The van der Waals surface area contributed by atoms with Crippen LogP contribution in [0.5, 0.6) is 0 Å². The molecule has 0 unspecified atom stereocenters. The van der Waals surface area contributed by atoms with Crippen molar-refractivity contribution in [3.05, 3.63) is 64.6 Å². The molecule has 2 aromatic carbocycles. The van der Waals surface area contributed by atoms with Gasteiger partial charge in [0.15, 0.2) is 9.84 Å². The summed E-state index contributed by atoms with van der Waals surface area (Å²) in [7, 11) is -3.26. The van der Waals surface area contributed by atoms with Crippen LogP contribution in [0.3, 0.4) is 0 Å². The second-order valence-electron chi connectivity index (χ2n) is 5.30. The van der Waals surface area contributed by atoms with Gasteiger partial charge >= 0.3 is 0 Å². The fraction of sp³-hybridized carbons (Fsp3) is 0.0588. The fourth-order valence-corrected chi connectivity index (χ4v) is 3.65. The molecule has 0 atom stereocenters. The van der Waals surface area contributed by atoms with Crippen LogP contribution in [0.25, 0.3) is 10.6 Å². The van der Waals surface area contributed by atoms with Gasteiger partial charge in [0.2, 0.25) is 0 Å². The SMILES string of the molecule is CS(=O)(=O)c1ccc(NC(=O)c2csc(-c3ccc(Cl)cc3)n2)cc1. The zero-order valence-corrected chi connectivity index (χ0v) is 15.5. The summed E-state index contributed by atoms with van der Waals surface area (Å²) in [5.41, 5.74) is 1.67. The molecule has 0 bridgehead atoms. The van der Waals surface area contributed by atoms with Crippen LogP contribution in [-0.4, -0.2) is 25.6 Å². The predicted molar refractivity (Wildman–Crippen MR) is 100 cm³/mol. The van der Waals surface area contributed by atoms with Gasteiger partial charge in [0.25, 0.3) is 5.91 Å². The number of sulfone groups is 1. The first-order valence-corrected chi connectivity index (χ1v) is 10.3. The quantitative estimate of drug-likeness (QED) is 0.724. The van der Waals surface area contributed by atoms with E-state index < -0.39 is 9.84 Å². The highest BCUT2D eigenvalue weighted by Gasteiger charge is 2.13. The molecule has 0 fully saturated rings. The van der Waals surface area contributed by atoms with Crippen LogP contribution in [-0.2, 0) is 9.84 Å². The molecule has 0 aliphatic heterocycles. The summed E-state index contributed by atoms with van der Waals surface area (Å²) in [5, 5.41) is 5.72. The summed E-state index contributed by atoms with van der Waals surface area (Å²) < 4.78 is 22.9. The molecule has 0 radical (unpaired) electrons. The lowest BCUT2D eigenvalue weighted by molar-refractivity contribution is 0.102. The third-order valence-corrected chi connectivity index (χ3v) is 5.64. The zero-order valence-electron chi connectivity index (χ0n) is 13.1. The second-order valence-corrected chi connectivity index (χ2v) is 8.61. The van der Waals surface area contributed by atoms with Crippen LogP contribution in [0.1, 0.15) is 10.5 Å². The Morgan fingerprint density at radius 2 is 1.72 bits per heavy atom. The predicted octanol–water partition coefficient (Wildman–Crippen LogP) is 4.12. The molecule has 0 aliphatic rings. The van der Waals surface area contributed by atoms with E-state index in [1.54, 1.807) is 29.6 Å². The lowest BCUT2D eigenvalue weighted by Crippen LogP contribution is -2.12. The van der Waals surface area contributed by atoms with Crippen LogP contribution in [0.2, 0.25) is 5.02 Å². The van der Waals surface area contributed by atoms with Crippen molar-refractivity contribution in [1.82, 2.24) is 4.98 Å². The number of carbonyl (C=O) groups excluding carboxylic acids is 1. The van der Waals surface area contributed by atoms with E-state index in [4.69, 9.17) is 11.6 Å². The lowest BCUT2D eigenvalue weighted by atomic mass is 10.2. The average Bonchev–Trinajstić information content (AvgIpc) is 3.05. The summed E-state index contributed by atoms with van der Waals surface area (Å²) in [6, 6.07) is 13.2. The van der Waals surface area contributed by atoms with Crippen molar-refractivity contribution in [3.63, 3.8) is 0 Å². The molecular weight excluding hydrogens is 380 g/mol. The number of thiazole rings is 1. The number of aromatic nitrogens is 1. The molecule has 8 heteroatoms. The Kier molecular flexibility index (Phi) is 4.89. The van der Waals surface area contributed by atoms with Gasteiger partial charge < -0.3 is 5.32 Å². The number of halogens is 1. The minimum atomic E-state index is -3.26. The first-order chi connectivity index (χ1) is 11.8. The van der Waals surface area contributed by atoms with Crippen LogP contribution in [0, 0.1) is 0 Å². The highest BCUT2D eigenvalue weighted by Crippen LogP contribution is 2.25. The molecule has 0 spiro atoms. The molecule has 5 nitrogen and oxygen atoms in total. The van der Waals surface area contributed by atoms with E-state index in [1.165, 1.54) is 23.5 Å². The van der Waals surface area contributed by atoms with E-state index in [2.05, 4.69) is 10.3 Å². The molecule has 3 aromatic rings. The molecule has 0 saturated heterocycles. The van der Waals surface area contributed by atoms with Gasteiger partial charge in [-0.2, -0.15) is 0 Å². The Bertz CT molecular complexity index is 1010. The first-order valence-electron chi connectivity index (χ1n) is 7.16. The first kappa shape index (κ1) is 17.6. The monoisotopic (exact) mass is 392 g/mol. The molecule has 1 amide bonds. The number of anilines is 1. The van der Waals surface area contributed by atoms with E-state index in [1.807, 2.05) is 12.1 Å². The van der Waals surface area contributed by atoms with Gasteiger partial charge in [-0.1, -0.05) is 23.7 Å². The topological polar surface area (TPSA) is 76.1 Å². The number of hydrogen-bond donors (Lipinski definition) is 1. The maximum Gasteiger partial charge on any atom is 0.275 e. The molecule has 0 saturated carbocycles. The number of nitrogens with one attached hydrogen (secondary N) is 1. The fourth-order valence-electron chi connectivity index (χ4n) is 2.08. The third-order valence-electron chi connectivity index (χ3n) is 3.37. The second kappa shape index (κ2) is 6.95. The Labute approximate surface area is 154 Å². The van der Waals surface area contributed by atoms with Crippen molar-refractivity contribution in [2.75, 3.05) is 11.6 Å².